The quantitative estimate of drug-likeness (QED) is 0.754. The molecule has 0 aliphatic rings. The van der Waals surface area contributed by atoms with Crippen LogP contribution in [0.5, 0.6) is 5.75 Å². The van der Waals surface area contributed by atoms with Crippen LogP contribution >= 0.6 is 11.6 Å². The van der Waals surface area contributed by atoms with Gasteiger partial charge in [-0.15, -0.1) is 0 Å². The van der Waals surface area contributed by atoms with Crippen molar-refractivity contribution < 1.29 is 14.6 Å². The Hall–Kier alpha value is -1.42. The molecule has 88 valence electrons. The van der Waals surface area contributed by atoms with E-state index in [1.807, 2.05) is 6.07 Å². The van der Waals surface area contributed by atoms with Gasteiger partial charge in [-0.1, -0.05) is 11.6 Å². The van der Waals surface area contributed by atoms with Crippen LogP contribution in [-0.2, 0) is 4.79 Å². The summed E-state index contributed by atoms with van der Waals surface area (Å²) >= 11 is 5.99. The van der Waals surface area contributed by atoms with Gasteiger partial charge in [-0.25, -0.2) is 0 Å². The van der Waals surface area contributed by atoms with Crippen molar-refractivity contribution in [2.75, 3.05) is 19.0 Å². The van der Waals surface area contributed by atoms with Crippen molar-refractivity contribution in [3.8, 4) is 5.75 Å². The first-order chi connectivity index (χ1) is 7.63. The van der Waals surface area contributed by atoms with Gasteiger partial charge >= 0.3 is 5.97 Å². The van der Waals surface area contributed by atoms with Crippen molar-refractivity contribution in [3.05, 3.63) is 23.2 Å². The number of rotatable bonds is 6. The molecule has 16 heavy (non-hydrogen) atoms. The average molecular weight is 244 g/mol. The second-order valence-electron chi connectivity index (χ2n) is 3.27. The van der Waals surface area contributed by atoms with E-state index in [0.717, 1.165) is 5.69 Å². The number of hydrogen-bond acceptors (Lipinski definition) is 3. The Morgan fingerprint density at radius 2 is 2.31 bits per heavy atom. The van der Waals surface area contributed by atoms with Crippen molar-refractivity contribution in [2.45, 2.75) is 12.8 Å². The summed E-state index contributed by atoms with van der Waals surface area (Å²) in [6.07, 6.45) is 0.721. The summed E-state index contributed by atoms with van der Waals surface area (Å²) in [5, 5.41) is 12.1. The van der Waals surface area contributed by atoms with E-state index < -0.39 is 5.97 Å². The van der Waals surface area contributed by atoms with E-state index in [0.29, 0.717) is 23.7 Å². The van der Waals surface area contributed by atoms with E-state index in [2.05, 4.69) is 5.32 Å². The summed E-state index contributed by atoms with van der Waals surface area (Å²) in [4.78, 5) is 10.3. The molecule has 0 saturated carbocycles. The Balaban J connectivity index is 2.45. The van der Waals surface area contributed by atoms with E-state index in [1.165, 1.54) is 0 Å². The molecule has 0 fully saturated rings. The SMILES string of the molecule is COc1ccc(NCCCC(=O)O)c(Cl)c1. The summed E-state index contributed by atoms with van der Waals surface area (Å²) in [6.45, 7) is 0.582. The minimum absolute atomic E-state index is 0.154. The maximum atomic E-state index is 10.3. The van der Waals surface area contributed by atoms with E-state index in [1.54, 1.807) is 19.2 Å². The molecule has 2 N–H and O–H groups in total. The van der Waals surface area contributed by atoms with Gasteiger partial charge in [0.15, 0.2) is 0 Å². The third-order valence-corrected chi connectivity index (χ3v) is 2.37. The molecule has 0 radical (unpaired) electrons. The number of nitrogens with one attached hydrogen (secondary N) is 1. The molecule has 0 aliphatic heterocycles. The number of methoxy groups -OCH3 is 1. The molecule has 1 aromatic rings. The zero-order valence-electron chi connectivity index (χ0n) is 9.00. The van der Waals surface area contributed by atoms with Gasteiger partial charge < -0.3 is 15.2 Å². The first kappa shape index (κ1) is 12.6. The standard InChI is InChI=1S/C11H14ClNO3/c1-16-8-4-5-10(9(12)7-8)13-6-2-3-11(14)15/h4-5,7,13H,2-3,6H2,1H3,(H,14,15). The van der Waals surface area contributed by atoms with Crippen LogP contribution in [0.3, 0.4) is 0 Å². The van der Waals surface area contributed by atoms with E-state index >= 15 is 0 Å². The number of anilines is 1. The fourth-order valence-corrected chi connectivity index (χ4v) is 1.47. The van der Waals surface area contributed by atoms with E-state index in [-0.39, 0.29) is 6.42 Å². The lowest BCUT2D eigenvalue weighted by molar-refractivity contribution is -0.137. The summed E-state index contributed by atoms with van der Waals surface area (Å²) < 4.78 is 5.02. The van der Waals surface area contributed by atoms with Gasteiger partial charge in [0.2, 0.25) is 0 Å². The topological polar surface area (TPSA) is 58.6 Å². The molecule has 0 heterocycles. The van der Waals surface area contributed by atoms with Crippen LogP contribution in [0.25, 0.3) is 0 Å². The molecule has 1 aromatic carbocycles. The number of halogens is 1. The molecule has 0 bridgehead atoms. The van der Waals surface area contributed by atoms with Crippen LogP contribution in [0.2, 0.25) is 5.02 Å². The minimum atomic E-state index is -0.789. The molecular weight excluding hydrogens is 230 g/mol. The maximum absolute atomic E-state index is 10.3. The molecule has 4 nitrogen and oxygen atoms in total. The smallest absolute Gasteiger partial charge is 0.303 e. The van der Waals surface area contributed by atoms with Gasteiger partial charge in [-0.05, 0) is 18.6 Å². The molecule has 5 heteroatoms. The summed E-state index contributed by atoms with van der Waals surface area (Å²) in [5.74, 6) is -0.0938. The highest BCUT2D eigenvalue weighted by atomic mass is 35.5. The van der Waals surface area contributed by atoms with Crippen molar-refractivity contribution in [1.29, 1.82) is 0 Å². The predicted molar refractivity (Wildman–Crippen MR) is 63.4 cm³/mol. The van der Waals surface area contributed by atoms with Crippen molar-refractivity contribution in [1.82, 2.24) is 0 Å². The Kier molecular flexibility index (Phi) is 4.92. The highest BCUT2D eigenvalue weighted by Crippen LogP contribution is 2.26. The van der Waals surface area contributed by atoms with Crippen molar-refractivity contribution >= 4 is 23.3 Å². The molecule has 0 spiro atoms. The van der Waals surface area contributed by atoms with Crippen LogP contribution in [0.1, 0.15) is 12.8 Å². The number of aliphatic carboxylic acids is 1. The molecular formula is C11H14ClNO3. The second-order valence-corrected chi connectivity index (χ2v) is 3.68. The number of ether oxygens (including phenoxy) is 1. The molecule has 0 aliphatic carbocycles. The molecule has 0 amide bonds. The fraction of sp³-hybridized carbons (Fsp3) is 0.364. The number of carbonyl (C=O) groups is 1. The number of carboxylic acid groups (broad SMARTS) is 1. The summed E-state index contributed by atoms with van der Waals surface area (Å²) in [6, 6.07) is 5.31. The maximum Gasteiger partial charge on any atom is 0.303 e. The number of benzene rings is 1. The first-order valence-corrected chi connectivity index (χ1v) is 5.30. The Morgan fingerprint density at radius 3 is 2.88 bits per heavy atom. The van der Waals surface area contributed by atoms with Gasteiger partial charge in [0.1, 0.15) is 5.75 Å². The lowest BCUT2D eigenvalue weighted by Gasteiger charge is -2.08. The normalized spacial score (nSPS) is 9.88. The molecule has 0 saturated heterocycles. The van der Waals surface area contributed by atoms with Crippen LogP contribution in [0, 0.1) is 0 Å². The summed E-state index contributed by atoms with van der Waals surface area (Å²) in [7, 11) is 1.58. The second kappa shape index (κ2) is 6.23. The molecule has 0 aromatic heterocycles. The predicted octanol–water partition coefficient (Wildman–Crippen LogP) is 2.63. The zero-order chi connectivity index (χ0) is 12.0. The Labute approximate surface area is 99.2 Å². The molecule has 0 atom stereocenters. The Morgan fingerprint density at radius 1 is 1.56 bits per heavy atom. The fourth-order valence-electron chi connectivity index (χ4n) is 1.23. The van der Waals surface area contributed by atoms with Gasteiger partial charge in [-0.2, -0.15) is 0 Å². The van der Waals surface area contributed by atoms with Crippen LogP contribution in [-0.4, -0.2) is 24.7 Å². The number of hydrogen-bond donors (Lipinski definition) is 2. The van der Waals surface area contributed by atoms with E-state index in [9.17, 15) is 4.79 Å². The summed E-state index contributed by atoms with van der Waals surface area (Å²) in [5.41, 5.74) is 0.785. The monoisotopic (exact) mass is 243 g/mol. The van der Waals surface area contributed by atoms with Crippen molar-refractivity contribution in [3.63, 3.8) is 0 Å². The van der Waals surface area contributed by atoms with Crippen LogP contribution in [0.4, 0.5) is 5.69 Å². The minimum Gasteiger partial charge on any atom is -0.497 e. The molecule has 0 unspecified atom stereocenters. The first-order valence-electron chi connectivity index (χ1n) is 4.92. The largest absolute Gasteiger partial charge is 0.497 e. The van der Waals surface area contributed by atoms with Gasteiger partial charge in [0.25, 0.3) is 0 Å². The van der Waals surface area contributed by atoms with E-state index in [4.69, 9.17) is 21.4 Å². The molecule has 1 rings (SSSR count). The highest BCUT2D eigenvalue weighted by Gasteiger charge is 2.02. The van der Waals surface area contributed by atoms with Gasteiger partial charge in [0, 0.05) is 19.0 Å². The lowest BCUT2D eigenvalue weighted by atomic mass is 10.2. The number of carboxylic acids is 1. The lowest BCUT2D eigenvalue weighted by Crippen LogP contribution is -2.05. The highest BCUT2D eigenvalue weighted by molar-refractivity contribution is 6.33. The van der Waals surface area contributed by atoms with Gasteiger partial charge in [-0.3, -0.25) is 4.79 Å². The van der Waals surface area contributed by atoms with Crippen molar-refractivity contribution in [2.24, 2.45) is 0 Å². The van der Waals surface area contributed by atoms with Crippen LogP contribution < -0.4 is 10.1 Å². The average Bonchev–Trinajstić information content (AvgIpc) is 2.25. The Bertz CT molecular complexity index is 368. The van der Waals surface area contributed by atoms with Gasteiger partial charge in [0.05, 0.1) is 17.8 Å². The van der Waals surface area contributed by atoms with Crippen LogP contribution in [0.15, 0.2) is 18.2 Å². The third kappa shape index (κ3) is 3.98. The zero-order valence-corrected chi connectivity index (χ0v) is 9.75. The third-order valence-electron chi connectivity index (χ3n) is 2.06.